The van der Waals surface area contributed by atoms with Crippen LogP contribution in [0.5, 0.6) is 5.75 Å². The van der Waals surface area contributed by atoms with Crippen molar-refractivity contribution < 1.29 is 19.1 Å². The molecule has 34 heavy (non-hydrogen) atoms. The third kappa shape index (κ3) is 6.43. The standard InChI is InChI=1S/C23H23ClN4O4S2/c1-12-4-5-13(2)16(10-12)25-18(29)8-9-19(30)27-28-23(33)26-22(31)21-20(24)15-7-6-14(32-3)11-17(15)34-21/h4-7,10-11H,8-9H2,1-3H3,(H,25,29)(H,27,30)(H2,26,28,31,33). The molecule has 0 aliphatic heterocycles. The average molecular weight is 519 g/mol. The number of fused-ring (bicyclic) bond motifs is 1. The molecule has 0 aliphatic carbocycles. The Bertz CT molecular complexity index is 1280. The topological polar surface area (TPSA) is 109 Å². The van der Waals surface area contributed by atoms with Crippen molar-refractivity contribution in [3.8, 4) is 5.75 Å². The van der Waals surface area contributed by atoms with Crippen LogP contribution in [0.15, 0.2) is 36.4 Å². The zero-order valence-corrected chi connectivity index (χ0v) is 21.1. The fourth-order valence-electron chi connectivity index (χ4n) is 3.01. The summed E-state index contributed by atoms with van der Waals surface area (Å²) < 4.78 is 5.98. The van der Waals surface area contributed by atoms with E-state index in [-0.39, 0.29) is 28.7 Å². The number of carbonyl (C=O) groups excluding carboxylic acids is 3. The van der Waals surface area contributed by atoms with Gasteiger partial charge in [-0.3, -0.25) is 30.6 Å². The number of benzene rings is 2. The lowest BCUT2D eigenvalue weighted by Gasteiger charge is -2.11. The fourth-order valence-corrected chi connectivity index (χ4v) is 4.59. The van der Waals surface area contributed by atoms with Gasteiger partial charge in [-0.15, -0.1) is 11.3 Å². The van der Waals surface area contributed by atoms with Crippen LogP contribution in [0.4, 0.5) is 5.69 Å². The summed E-state index contributed by atoms with van der Waals surface area (Å²) in [4.78, 5) is 37.1. The van der Waals surface area contributed by atoms with E-state index < -0.39 is 11.8 Å². The van der Waals surface area contributed by atoms with E-state index in [1.54, 1.807) is 25.3 Å². The molecule has 3 rings (SSSR count). The lowest BCUT2D eigenvalue weighted by atomic mass is 10.1. The van der Waals surface area contributed by atoms with Crippen LogP contribution in [0.2, 0.25) is 5.02 Å². The lowest BCUT2D eigenvalue weighted by Crippen LogP contribution is -2.48. The molecule has 4 N–H and O–H groups in total. The van der Waals surface area contributed by atoms with Crippen LogP contribution >= 0.6 is 35.2 Å². The third-order valence-electron chi connectivity index (χ3n) is 4.83. The molecular weight excluding hydrogens is 496 g/mol. The summed E-state index contributed by atoms with van der Waals surface area (Å²) in [5.74, 6) is -0.597. The number of methoxy groups -OCH3 is 1. The minimum absolute atomic E-state index is 0.0130. The average Bonchev–Trinajstić information content (AvgIpc) is 3.14. The normalized spacial score (nSPS) is 10.5. The van der Waals surface area contributed by atoms with Crippen LogP contribution in [0.1, 0.15) is 33.6 Å². The highest BCUT2D eigenvalue weighted by Gasteiger charge is 2.19. The number of rotatable bonds is 6. The molecule has 0 radical (unpaired) electrons. The summed E-state index contributed by atoms with van der Waals surface area (Å²) >= 11 is 12.6. The van der Waals surface area contributed by atoms with Crippen LogP contribution in [0, 0.1) is 13.8 Å². The van der Waals surface area contributed by atoms with E-state index >= 15 is 0 Å². The van der Waals surface area contributed by atoms with Gasteiger partial charge in [0.05, 0.1) is 12.1 Å². The van der Waals surface area contributed by atoms with Gasteiger partial charge < -0.3 is 10.1 Å². The number of halogens is 1. The Morgan fingerprint density at radius 2 is 1.76 bits per heavy atom. The van der Waals surface area contributed by atoms with E-state index in [0.29, 0.717) is 16.5 Å². The number of thiocarbonyl (C=S) groups is 1. The zero-order chi connectivity index (χ0) is 24.8. The third-order valence-corrected chi connectivity index (χ3v) is 6.69. The van der Waals surface area contributed by atoms with Gasteiger partial charge in [0.15, 0.2) is 5.11 Å². The second kappa shape index (κ2) is 11.3. The van der Waals surface area contributed by atoms with Gasteiger partial charge >= 0.3 is 0 Å². The van der Waals surface area contributed by atoms with Crippen molar-refractivity contribution in [2.75, 3.05) is 12.4 Å². The van der Waals surface area contributed by atoms with Crippen LogP contribution in [0.25, 0.3) is 10.1 Å². The Balaban J connectivity index is 1.46. The maximum atomic E-state index is 12.6. The first-order valence-corrected chi connectivity index (χ1v) is 11.8. The molecule has 2 aromatic carbocycles. The Hall–Kier alpha value is -3.21. The molecule has 0 fully saturated rings. The molecule has 0 aliphatic rings. The first-order chi connectivity index (χ1) is 16.2. The predicted octanol–water partition coefficient (Wildman–Crippen LogP) is 4.23. The Morgan fingerprint density at radius 3 is 2.50 bits per heavy atom. The number of thiophene rings is 1. The number of aryl methyl sites for hydroxylation is 2. The molecule has 178 valence electrons. The molecule has 0 bridgehead atoms. The van der Waals surface area contributed by atoms with Crippen molar-refractivity contribution in [2.45, 2.75) is 26.7 Å². The van der Waals surface area contributed by atoms with Crippen molar-refractivity contribution in [1.29, 1.82) is 0 Å². The Labute approximate surface area is 211 Å². The molecular formula is C23H23ClN4O4S2. The molecule has 0 saturated carbocycles. The van der Waals surface area contributed by atoms with E-state index in [4.69, 9.17) is 28.6 Å². The maximum absolute atomic E-state index is 12.6. The first-order valence-electron chi connectivity index (χ1n) is 10.2. The van der Waals surface area contributed by atoms with Crippen LogP contribution in [-0.4, -0.2) is 29.9 Å². The number of anilines is 1. The number of carbonyl (C=O) groups is 3. The van der Waals surface area contributed by atoms with Crippen molar-refractivity contribution in [3.63, 3.8) is 0 Å². The number of hydrogen-bond acceptors (Lipinski definition) is 6. The van der Waals surface area contributed by atoms with Gasteiger partial charge in [0.2, 0.25) is 11.8 Å². The molecule has 3 aromatic rings. The van der Waals surface area contributed by atoms with E-state index in [9.17, 15) is 14.4 Å². The first kappa shape index (κ1) is 25.4. The second-order valence-corrected chi connectivity index (χ2v) is 9.27. The Kier molecular flexibility index (Phi) is 8.43. The molecule has 8 nitrogen and oxygen atoms in total. The Morgan fingerprint density at radius 1 is 1.03 bits per heavy atom. The molecule has 1 heterocycles. The largest absolute Gasteiger partial charge is 0.497 e. The minimum atomic E-state index is -0.509. The summed E-state index contributed by atoms with van der Waals surface area (Å²) in [5.41, 5.74) is 7.49. The number of nitrogens with one attached hydrogen (secondary N) is 4. The van der Waals surface area contributed by atoms with Crippen LogP contribution in [0.3, 0.4) is 0 Å². The fraction of sp³-hybridized carbons (Fsp3) is 0.217. The van der Waals surface area contributed by atoms with Gasteiger partial charge in [0, 0.05) is 28.6 Å². The van der Waals surface area contributed by atoms with Gasteiger partial charge in [-0.1, -0.05) is 23.7 Å². The smallest absolute Gasteiger partial charge is 0.269 e. The van der Waals surface area contributed by atoms with Crippen LogP contribution < -0.4 is 26.2 Å². The summed E-state index contributed by atoms with van der Waals surface area (Å²) in [7, 11) is 1.56. The number of ether oxygens (including phenoxy) is 1. The van der Waals surface area contributed by atoms with Crippen molar-refractivity contribution in [2.24, 2.45) is 0 Å². The van der Waals surface area contributed by atoms with E-state index in [1.165, 1.54) is 11.3 Å². The van der Waals surface area contributed by atoms with Gasteiger partial charge in [-0.25, -0.2) is 0 Å². The monoisotopic (exact) mass is 518 g/mol. The van der Waals surface area contributed by atoms with Gasteiger partial charge in [-0.2, -0.15) is 0 Å². The van der Waals surface area contributed by atoms with Crippen molar-refractivity contribution in [3.05, 3.63) is 57.4 Å². The highest BCUT2D eigenvalue weighted by atomic mass is 35.5. The van der Waals surface area contributed by atoms with Gasteiger partial charge in [-0.05, 0) is 61.5 Å². The van der Waals surface area contributed by atoms with Crippen LogP contribution in [-0.2, 0) is 9.59 Å². The lowest BCUT2D eigenvalue weighted by molar-refractivity contribution is -0.124. The molecule has 0 unspecified atom stereocenters. The number of hydrogen-bond donors (Lipinski definition) is 4. The molecule has 0 saturated heterocycles. The molecule has 0 atom stereocenters. The SMILES string of the molecule is COc1ccc2c(Cl)c(C(=O)NC(=S)NNC(=O)CCC(=O)Nc3cc(C)ccc3C)sc2c1. The van der Waals surface area contributed by atoms with Crippen molar-refractivity contribution >= 4 is 73.8 Å². The molecule has 11 heteroatoms. The summed E-state index contributed by atoms with van der Waals surface area (Å²) in [6.45, 7) is 3.82. The number of amides is 3. The summed E-state index contributed by atoms with van der Waals surface area (Å²) in [5, 5.41) is 6.20. The molecule has 1 aromatic heterocycles. The highest BCUT2D eigenvalue weighted by Crippen LogP contribution is 2.37. The highest BCUT2D eigenvalue weighted by molar-refractivity contribution is 7.80. The second-order valence-electron chi connectivity index (χ2n) is 7.43. The molecule has 3 amide bonds. The number of hydrazine groups is 1. The van der Waals surface area contributed by atoms with Crippen molar-refractivity contribution in [1.82, 2.24) is 16.2 Å². The maximum Gasteiger partial charge on any atom is 0.269 e. The van der Waals surface area contributed by atoms with E-state index in [0.717, 1.165) is 21.2 Å². The van der Waals surface area contributed by atoms with E-state index in [2.05, 4.69) is 21.5 Å². The predicted molar refractivity (Wildman–Crippen MR) is 139 cm³/mol. The minimum Gasteiger partial charge on any atom is -0.497 e. The quantitative estimate of drug-likeness (QED) is 0.287. The van der Waals surface area contributed by atoms with Gasteiger partial charge in [0.1, 0.15) is 10.6 Å². The molecule has 0 spiro atoms. The zero-order valence-electron chi connectivity index (χ0n) is 18.7. The van der Waals surface area contributed by atoms with E-state index in [1.807, 2.05) is 32.0 Å². The summed E-state index contributed by atoms with van der Waals surface area (Å²) in [6, 6.07) is 11.1. The van der Waals surface area contributed by atoms with Gasteiger partial charge in [0.25, 0.3) is 5.91 Å². The summed E-state index contributed by atoms with van der Waals surface area (Å²) in [6.07, 6.45) is -0.0783.